The number of nitrogens with zero attached hydrogens (tertiary/aromatic N) is 2. The first kappa shape index (κ1) is 15.0. The molecule has 2 N–H and O–H groups in total. The van der Waals surface area contributed by atoms with Crippen molar-refractivity contribution >= 4 is 40.1 Å². The quantitative estimate of drug-likeness (QED) is 0.840. The van der Waals surface area contributed by atoms with Gasteiger partial charge in [-0.15, -0.1) is 8.80 Å². The van der Waals surface area contributed by atoms with Crippen molar-refractivity contribution < 1.29 is 4.21 Å². The van der Waals surface area contributed by atoms with E-state index in [2.05, 4.69) is 26.4 Å². The summed E-state index contributed by atoms with van der Waals surface area (Å²) in [5.74, 6) is 1.02. The number of aryl methyl sites for hydroxylation is 1. The summed E-state index contributed by atoms with van der Waals surface area (Å²) in [5, 5.41) is 6.91. The van der Waals surface area contributed by atoms with Crippen LogP contribution in [0.25, 0.3) is 0 Å². The van der Waals surface area contributed by atoms with Crippen LogP contribution in [0.5, 0.6) is 0 Å². The molecule has 0 bridgehead atoms. The Bertz CT molecular complexity index is 586. The Kier molecular flexibility index (Phi) is 5.14. The molecule has 1 aromatic carbocycles. The zero-order chi connectivity index (χ0) is 14.5. The topological polar surface area (TPSA) is 65.8 Å². The Labute approximate surface area is 126 Å². The van der Waals surface area contributed by atoms with Crippen LogP contribution in [-0.4, -0.2) is 22.4 Å². The molecule has 108 valence electrons. The molecule has 5 nitrogen and oxygen atoms in total. The van der Waals surface area contributed by atoms with Crippen LogP contribution in [0.15, 0.2) is 27.0 Å². The summed E-state index contributed by atoms with van der Waals surface area (Å²) in [6.07, 6.45) is 2.10. The molecule has 0 fully saturated rings. The van der Waals surface area contributed by atoms with Gasteiger partial charge in [0.05, 0.1) is 0 Å². The van der Waals surface area contributed by atoms with Gasteiger partial charge in [0.15, 0.2) is 11.7 Å². The summed E-state index contributed by atoms with van der Waals surface area (Å²) < 4.78 is 19.4. The van der Waals surface area contributed by atoms with Crippen LogP contribution in [0.4, 0.5) is 5.69 Å². The van der Waals surface area contributed by atoms with E-state index in [4.69, 9.17) is 11.6 Å². The Morgan fingerprint density at radius 2 is 2.05 bits per heavy atom. The summed E-state index contributed by atoms with van der Waals surface area (Å²) in [6.45, 7) is 4.83. The molecule has 1 aliphatic rings. The van der Waals surface area contributed by atoms with E-state index in [-0.39, 0.29) is 0 Å². The first-order valence-corrected chi connectivity index (χ1v) is 7.91. The molecule has 1 atom stereocenters. The highest BCUT2D eigenvalue weighted by molar-refractivity contribution is 7.83. The SMILES string of the molecule is CCCCNC1=NS(=O)N=C1Nc1ccc(C)c(Cl)c1. The number of nitrogens with one attached hydrogen (secondary N) is 2. The summed E-state index contributed by atoms with van der Waals surface area (Å²) in [5.41, 5.74) is 1.80. The number of halogens is 1. The third-order valence-electron chi connectivity index (χ3n) is 2.82. The first-order valence-electron chi connectivity index (χ1n) is 6.47. The standard InChI is InChI=1S/C13H17ClN4OS/c1-3-4-7-15-12-13(18-20(19)17-12)16-10-6-5-9(2)11(14)8-10/h5-6,8H,3-4,7H2,1-2H3,(H,15,17)(H,16,18). The number of hydrogen-bond acceptors (Lipinski definition) is 3. The molecule has 1 aromatic rings. The lowest BCUT2D eigenvalue weighted by Gasteiger charge is -2.10. The van der Waals surface area contributed by atoms with E-state index < -0.39 is 11.2 Å². The second-order valence-corrected chi connectivity index (χ2v) is 5.71. The van der Waals surface area contributed by atoms with E-state index in [9.17, 15) is 4.21 Å². The van der Waals surface area contributed by atoms with E-state index in [0.29, 0.717) is 16.7 Å². The van der Waals surface area contributed by atoms with Crippen molar-refractivity contribution in [2.45, 2.75) is 26.7 Å². The number of hydrogen-bond donors (Lipinski definition) is 2. The molecule has 0 radical (unpaired) electrons. The maximum absolute atomic E-state index is 11.4. The summed E-state index contributed by atoms with van der Waals surface area (Å²) in [4.78, 5) is 0. The molecule has 1 aliphatic heterocycles. The van der Waals surface area contributed by atoms with E-state index in [0.717, 1.165) is 30.6 Å². The highest BCUT2D eigenvalue weighted by Crippen LogP contribution is 2.20. The van der Waals surface area contributed by atoms with E-state index in [1.807, 2.05) is 25.1 Å². The lowest BCUT2D eigenvalue weighted by molar-refractivity contribution is 0.686. The maximum atomic E-state index is 11.4. The summed E-state index contributed by atoms with van der Waals surface area (Å²) >= 11 is 4.53. The van der Waals surface area contributed by atoms with Crippen molar-refractivity contribution in [3.63, 3.8) is 0 Å². The molecule has 0 amide bonds. The lowest BCUT2D eigenvalue weighted by atomic mass is 10.2. The van der Waals surface area contributed by atoms with Gasteiger partial charge >= 0.3 is 0 Å². The molecule has 2 rings (SSSR count). The van der Waals surface area contributed by atoms with Crippen LogP contribution >= 0.6 is 11.6 Å². The first-order chi connectivity index (χ1) is 9.60. The number of amidine groups is 2. The van der Waals surface area contributed by atoms with Crippen molar-refractivity contribution in [3.8, 4) is 0 Å². The number of benzene rings is 1. The zero-order valence-electron chi connectivity index (χ0n) is 11.4. The average Bonchev–Trinajstić information content (AvgIpc) is 2.74. The fraction of sp³-hybridized carbons (Fsp3) is 0.385. The number of rotatable bonds is 4. The van der Waals surface area contributed by atoms with Crippen molar-refractivity contribution in [1.29, 1.82) is 0 Å². The van der Waals surface area contributed by atoms with Crippen LogP contribution in [0.1, 0.15) is 25.3 Å². The predicted octanol–water partition coefficient (Wildman–Crippen LogP) is 2.84. The molecule has 20 heavy (non-hydrogen) atoms. The zero-order valence-corrected chi connectivity index (χ0v) is 13.0. The second-order valence-electron chi connectivity index (χ2n) is 4.48. The Morgan fingerprint density at radius 1 is 1.30 bits per heavy atom. The maximum Gasteiger partial charge on any atom is 0.269 e. The molecule has 7 heteroatoms. The van der Waals surface area contributed by atoms with Gasteiger partial charge in [0, 0.05) is 17.3 Å². The molecule has 0 saturated heterocycles. The fourth-order valence-electron chi connectivity index (χ4n) is 1.65. The van der Waals surface area contributed by atoms with E-state index >= 15 is 0 Å². The fourth-order valence-corrected chi connectivity index (χ4v) is 2.47. The van der Waals surface area contributed by atoms with Gasteiger partial charge in [0.2, 0.25) is 0 Å². The number of anilines is 1. The molecular formula is C13H17ClN4OS. The Morgan fingerprint density at radius 3 is 2.75 bits per heavy atom. The minimum atomic E-state index is -1.55. The highest BCUT2D eigenvalue weighted by atomic mass is 35.5. The van der Waals surface area contributed by atoms with Crippen LogP contribution in [0, 0.1) is 6.92 Å². The summed E-state index contributed by atoms with van der Waals surface area (Å²) in [7, 11) is 0. The molecule has 0 aliphatic carbocycles. The van der Waals surface area contributed by atoms with Gasteiger partial charge in [-0.3, -0.25) is 0 Å². The molecule has 0 aromatic heterocycles. The smallest absolute Gasteiger partial charge is 0.269 e. The average molecular weight is 313 g/mol. The van der Waals surface area contributed by atoms with Crippen LogP contribution in [-0.2, 0) is 11.2 Å². The van der Waals surface area contributed by atoms with Gasteiger partial charge in [-0.2, -0.15) is 0 Å². The van der Waals surface area contributed by atoms with E-state index in [1.54, 1.807) is 0 Å². The van der Waals surface area contributed by atoms with Crippen molar-refractivity contribution in [1.82, 2.24) is 5.32 Å². The molecule has 0 saturated carbocycles. The Hall–Kier alpha value is -1.40. The third kappa shape index (κ3) is 3.80. The van der Waals surface area contributed by atoms with Crippen molar-refractivity contribution in [2.24, 2.45) is 8.80 Å². The van der Waals surface area contributed by atoms with Gasteiger partial charge in [0.25, 0.3) is 11.2 Å². The Balaban J connectivity index is 2.07. The normalized spacial score (nSPS) is 17.6. The van der Waals surface area contributed by atoms with Crippen LogP contribution in [0.2, 0.25) is 5.02 Å². The van der Waals surface area contributed by atoms with Gasteiger partial charge in [-0.1, -0.05) is 31.0 Å². The molecular weight excluding hydrogens is 296 g/mol. The summed E-state index contributed by atoms with van der Waals surface area (Å²) in [6, 6.07) is 5.62. The van der Waals surface area contributed by atoms with Crippen LogP contribution < -0.4 is 10.6 Å². The number of unbranched alkanes of at least 4 members (excludes halogenated alkanes) is 1. The predicted molar refractivity (Wildman–Crippen MR) is 85.7 cm³/mol. The van der Waals surface area contributed by atoms with Gasteiger partial charge in [-0.05, 0) is 31.0 Å². The largest absolute Gasteiger partial charge is 0.366 e. The second kappa shape index (κ2) is 6.85. The minimum Gasteiger partial charge on any atom is -0.366 e. The third-order valence-corrected chi connectivity index (χ3v) is 3.91. The van der Waals surface area contributed by atoms with E-state index in [1.165, 1.54) is 0 Å². The van der Waals surface area contributed by atoms with Crippen molar-refractivity contribution in [3.05, 3.63) is 28.8 Å². The molecule has 1 heterocycles. The van der Waals surface area contributed by atoms with Crippen LogP contribution in [0.3, 0.4) is 0 Å². The minimum absolute atomic E-state index is 0.486. The monoisotopic (exact) mass is 312 g/mol. The highest BCUT2D eigenvalue weighted by Gasteiger charge is 2.18. The van der Waals surface area contributed by atoms with Gasteiger partial charge in [0.1, 0.15) is 0 Å². The van der Waals surface area contributed by atoms with Gasteiger partial charge in [-0.25, -0.2) is 4.21 Å². The van der Waals surface area contributed by atoms with Crippen molar-refractivity contribution in [2.75, 3.05) is 11.9 Å². The van der Waals surface area contributed by atoms with Gasteiger partial charge < -0.3 is 10.6 Å². The molecule has 0 spiro atoms. The lowest BCUT2D eigenvalue weighted by Crippen LogP contribution is -2.34. The molecule has 1 unspecified atom stereocenters.